The van der Waals surface area contributed by atoms with Crippen LogP contribution in [0.4, 0.5) is 11.4 Å². The number of anilines is 1. The Balaban J connectivity index is 2.22. The van der Waals surface area contributed by atoms with E-state index >= 15 is 0 Å². The number of allylic oxidation sites excluding steroid dienone is 2. The molecule has 1 aromatic rings. The lowest BCUT2D eigenvalue weighted by molar-refractivity contribution is -0.384. The van der Waals surface area contributed by atoms with Gasteiger partial charge in [-0.1, -0.05) is 25.4 Å². The van der Waals surface area contributed by atoms with Crippen molar-refractivity contribution in [3.63, 3.8) is 0 Å². The molecule has 1 aliphatic rings. The average molecular weight is 295 g/mol. The van der Waals surface area contributed by atoms with Gasteiger partial charge in [0, 0.05) is 30.3 Å². The summed E-state index contributed by atoms with van der Waals surface area (Å²) in [5, 5.41) is 14.0. The van der Waals surface area contributed by atoms with Crippen LogP contribution in [-0.2, 0) is 4.79 Å². The first-order valence-electron chi connectivity index (χ1n) is 6.21. The van der Waals surface area contributed by atoms with Crippen molar-refractivity contribution in [3.8, 4) is 0 Å². The summed E-state index contributed by atoms with van der Waals surface area (Å²) in [5.74, 6) is 0.0711. The summed E-state index contributed by atoms with van der Waals surface area (Å²) in [5.41, 5.74) is 1.19. The molecule has 0 radical (unpaired) electrons. The van der Waals surface area contributed by atoms with Crippen molar-refractivity contribution in [2.24, 2.45) is 5.41 Å². The number of benzene rings is 1. The first kappa shape index (κ1) is 14.5. The smallest absolute Gasteiger partial charge is 0.271 e. The summed E-state index contributed by atoms with van der Waals surface area (Å²) in [7, 11) is 0. The van der Waals surface area contributed by atoms with Gasteiger partial charge in [0.2, 0.25) is 0 Å². The number of nitro benzene ring substituents is 1. The molecule has 0 bridgehead atoms. The molecular weight excluding hydrogens is 280 g/mol. The van der Waals surface area contributed by atoms with Crippen LogP contribution >= 0.6 is 11.6 Å². The molecule has 20 heavy (non-hydrogen) atoms. The quantitative estimate of drug-likeness (QED) is 0.677. The van der Waals surface area contributed by atoms with E-state index in [1.54, 1.807) is 12.1 Å². The fourth-order valence-electron chi connectivity index (χ4n) is 2.32. The van der Waals surface area contributed by atoms with Crippen LogP contribution in [0, 0.1) is 15.5 Å². The molecule has 6 heteroatoms. The fourth-order valence-corrected chi connectivity index (χ4v) is 2.54. The van der Waals surface area contributed by atoms with Crippen LogP contribution in [0.5, 0.6) is 0 Å². The van der Waals surface area contributed by atoms with E-state index < -0.39 is 4.92 Å². The summed E-state index contributed by atoms with van der Waals surface area (Å²) in [6.45, 7) is 4.05. The van der Waals surface area contributed by atoms with Crippen molar-refractivity contribution in [3.05, 3.63) is 45.1 Å². The highest BCUT2D eigenvalue weighted by molar-refractivity contribution is 6.33. The minimum absolute atomic E-state index is 0.0606. The van der Waals surface area contributed by atoms with Gasteiger partial charge >= 0.3 is 0 Å². The Kier molecular flexibility index (Phi) is 3.81. The lowest BCUT2D eigenvalue weighted by atomic mass is 9.79. The van der Waals surface area contributed by atoms with Gasteiger partial charge in [-0.05, 0) is 17.9 Å². The largest absolute Gasteiger partial charge is 0.358 e. The normalized spacial score (nSPS) is 17.6. The Morgan fingerprint density at radius 1 is 1.35 bits per heavy atom. The second kappa shape index (κ2) is 5.25. The summed E-state index contributed by atoms with van der Waals surface area (Å²) in [4.78, 5) is 21.8. The van der Waals surface area contributed by atoms with Gasteiger partial charge in [-0.2, -0.15) is 0 Å². The molecular formula is C14H15ClN2O3. The summed E-state index contributed by atoms with van der Waals surface area (Å²) in [6, 6.07) is 4.22. The highest BCUT2D eigenvalue weighted by atomic mass is 35.5. The SMILES string of the molecule is CC1(C)CC(=O)C=C(Nc2ccc([N+](=O)[O-])cc2Cl)C1. The first-order chi connectivity index (χ1) is 9.27. The van der Waals surface area contributed by atoms with E-state index in [1.807, 2.05) is 13.8 Å². The number of carbonyl (C=O) groups is 1. The van der Waals surface area contributed by atoms with Crippen LogP contribution < -0.4 is 5.32 Å². The molecule has 0 fully saturated rings. The minimum atomic E-state index is -0.498. The molecule has 0 atom stereocenters. The highest BCUT2D eigenvalue weighted by Gasteiger charge is 2.27. The molecule has 0 heterocycles. The molecule has 0 amide bonds. The Labute approximate surface area is 121 Å². The number of nitro groups is 1. The van der Waals surface area contributed by atoms with E-state index in [-0.39, 0.29) is 21.9 Å². The van der Waals surface area contributed by atoms with E-state index in [1.165, 1.54) is 12.1 Å². The van der Waals surface area contributed by atoms with E-state index in [9.17, 15) is 14.9 Å². The van der Waals surface area contributed by atoms with Crippen LogP contribution in [0.3, 0.4) is 0 Å². The van der Waals surface area contributed by atoms with E-state index in [0.717, 1.165) is 12.1 Å². The van der Waals surface area contributed by atoms with Crippen LogP contribution in [0.1, 0.15) is 26.7 Å². The molecule has 0 unspecified atom stereocenters. The number of hydrogen-bond acceptors (Lipinski definition) is 4. The molecule has 0 aliphatic heterocycles. The van der Waals surface area contributed by atoms with Gasteiger partial charge in [0.25, 0.3) is 5.69 Å². The number of ketones is 1. The number of non-ortho nitro benzene ring substituents is 1. The predicted molar refractivity (Wildman–Crippen MR) is 77.8 cm³/mol. The summed E-state index contributed by atoms with van der Waals surface area (Å²) in [6.07, 6.45) is 2.82. The lowest BCUT2D eigenvalue weighted by Gasteiger charge is -2.29. The Hall–Kier alpha value is -1.88. The zero-order valence-corrected chi connectivity index (χ0v) is 12.0. The monoisotopic (exact) mass is 294 g/mol. The molecule has 1 N–H and O–H groups in total. The van der Waals surface area contributed by atoms with Crippen molar-refractivity contribution in [1.82, 2.24) is 0 Å². The standard InChI is InChI=1S/C14H15ClN2O3/c1-14(2)7-9(5-11(18)8-14)16-13-4-3-10(17(19)20)6-12(13)15/h3-6,16H,7-8H2,1-2H3. The van der Waals surface area contributed by atoms with Gasteiger partial charge in [0.05, 0.1) is 15.6 Å². The molecule has 1 aliphatic carbocycles. The first-order valence-corrected chi connectivity index (χ1v) is 6.59. The number of nitrogens with zero attached hydrogens (tertiary/aromatic N) is 1. The van der Waals surface area contributed by atoms with E-state index in [4.69, 9.17) is 11.6 Å². The highest BCUT2D eigenvalue weighted by Crippen LogP contribution is 2.35. The molecule has 0 spiro atoms. The van der Waals surface area contributed by atoms with Gasteiger partial charge in [-0.3, -0.25) is 14.9 Å². The zero-order valence-electron chi connectivity index (χ0n) is 11.3. The fraction of sp³-hybridized carbons (Fsp3) is 0.357. The predicted octanol–water partition coefficient (Wildman–Crippen LogP) is 3.93. The third-order valence-electron chi connectivity index (χ3n) is 3.12. The van der Waals surface area contributed by atoms with E-state index in [2.05, 4.69) is 5.32 Å². The number of halogens is 1. The molecule has 1 aromatic carbocycles. The van der Waals surface area contributed by atoms with Gasteiger partial charge in [-0.25, -0.2) is 0 Å². The summed E-state index contributed by atoms with van der Waals surface area (Å²) >= 11 is 6.02. The second-order valence-electron chi connectivity index (χ2n) is 5.70. The van der Waals surface area contributed by atoms with Gasteiger partial charge in [-0.15, -0.1) is 0 Å². The molecule has 5 nitrogen and oxygen atoms in total. The van der Waals surface area contributed by atoms with Gasteiger partial charge in [0.15, 0.2) is 5.78 Å². The molecule has 2 rings (SSSR count). The zero-order chi connectivity index (χ0) is 14.9. The number of rotatable bonds is 3. The average Bonchev–Trinajstić information content (AvgIpc) is 2.28. The number of carbonyl (C=O) groups excluding carboxylic acids is 1. The minimum Gasteiger partial charge on any atom is -0.358 e. The van der Waals surface area contributed by atoms with Crippen LogP contribution in [0.2, 0.25) is 5.02 Å². The van der Waals surface area contributed by atoms with Gasteiger partial charge in [0.1, 0.15) is 0 Å². The van der Waals surface area contributed by atoms with Crippen molar-refractivity contribution < 1.29 is 9.72 Å². The van der Waals surface area contributed by atoms with Crippen molar-refractivity contribution in [1.29, 1.82) is 0 Å². The Bertz CT molecular complexity index is 608. The molecule has 0 saturated carbocycles. The van der Waals surface area contributed by atoms with Crippen molar-refractivity contribution in [2.75, 3.05) is 5.32 Å². The third kappa shape index (κ3) is 3.36. The number of hydrogen-bond donors (Lipinski definition) is 1. The van der Waals surface area contributed by atoms with Crippen LogP contribution in [0.25, 0.3) is 0 Å². The molecule has 0 aromatic heterocycles. The third-order valence-corrected chi connectivity index (χ3v) is 3.43. The van der Waals surface area contributed by atoms with Crippen molar-refractivity contribution in [2.45, 2.75) is 26.7 Å². The van der Waals surface area contributed by atoms with E-state index in [0.29, 0.717) is 12.1 Å². The summed E-state index contributed by atoms with van der Waals surface area (Å²) < 4.78 is 0. The Morgan fingerprint density at radius 2 is 2.05 bits per heavy atom. The molecule has 0 saturated heterocycles. The van der Waals surface area contributed by atoms with Crippen molar-refractivity contribution >= 4 is 28.8 Å². The number of nitrogens with one attached hydrogen (secondary N) is 1. The second-order valence-corrected chi connectivity index (χ2v) is 6.11. The van der Waals surface area contributed by atoms with Crippen LogP contribution in [0.15, 0.2) is 30.0 Å². The van der Waals surface area contributed by atoms with Crippen LogP contribution in [-0.4, -0.2) is 10.7 Å². The maximum Gasteiger partial charge on any atom is 0.271 e. The topological polar surface area (TPSA) is 72.2 Å². The maximum atomic E-state index is 11.7. The lowest BCUT2D eigenvalue weighted by Crippen LogP contribution is -2.24. The Morgan fingerprint density at radius 3 is 2.60 bits per heavy atom. The van der Waals surface area contributed by atoms with Gasteiger partial charge < -0.3 is 5.32 Å². The molecule has 106 valence electrons. The maximum absolute atomic E-state index is 11.7.